The van der Waals surface area contributed by atoms with Crippen LogP contribution in [0.2, 0.25) is 0 Å². The van der Waals surface area contributed by atoms with Crippen LogP contribution in [0.1, 0.15) is 51.8 Å². The first kappa shape index (κ1) is 13.1. The normalized spacial score (nSPS) is 17.1. The van der Waals surface area contributed by atoms with E-state index in [1.54, 1.807) is 0 Å². The second-order valence-corrected chi connectivity index (χ2v) is 6.18. The Hall–Kier alpha value is -1.88. The Morgan fingerprint density at radius 1 is 1.45 bits per heavy atom. The van der Waals surface area contributed by atoms with Gasteiger partial charge in [0.15, 0.2) is 6.10 Å². The standard InChI is InChI=1S/C15H15NO3S/c1-8(2)12-13(15(17)18)20-14(16-12)11-7-9-5-3-4-6-10(9)19-11/h3-6,8,11H,7H2,1-2H3,(H,17,18). The minimum absolute atomic E-state index is 0.0925. The summed E-state index contributed by atoms with van der Waals surface area (Å²) in [5.41, 5.74) is 1.80. The Bertz CT molecular complexity index is 638. The topological polar surface area (TPSA) is 59.4 Å². The first-order valence-electron chi connectivity index (χ1n) is 6.54. The Balaban J connectivity index is 1.93. The van der Waals surface area contributed by atoms with Crippen LogP contribution in [-0.2, 0) is 6.42 Å². The van der Waals surface area contributed by atoms with Gasteiger partial charge >= 0.3 is 5.97 Å². The van der Waals surface area contributed by atoms with Gasteiger partial charge in [-0.25, -0.2) is 9.78 Å². The summed E-state index contributed by atoms with van der Waals surface area (Å²) < 4.78 is 5.88. The van der Waals surface area contributed by atoms with Crippen molar-refractivity contribution < 1.29 is 14.6 Å². The van der Waals surface area contributed by atoms with Gasteiger partial charge in [-0.05, 0) is 17.5 Å². The molecule has 4 nitrogen and oxygen atoms in total. The van der Waals surface area contributed by atoms with E-state index in [2.05, 4.69) is 4.98 Å². The molecule has 0 fully saturated rings. The van der Waals surface area contributed by atoms with E-state index in [1.165, 1.54) is 11.3 Å². The van der Waals surface area contributed by atoms with Gasteiger partial charge in [0.1, 0.15) is 15.6 Å². The zero-order valence-corrected chi connectivity index (χ0v) is 12.1. The molecule has 0 aliphatic carbocycles. The molecule has 1 aliphatic rings. The van der Waals surface area contributed by atoms with Crippen LogP contribution >= 0.6 is 11.3 Å². The summed E-state index contributed by atoms with van der Waals surface area (Å²) in [7, 11) is 0. The van der Waals surface area contributed by atoms with Gasteiger partial charge in [-0.15, -0.1) is 11.3 Å². The molecular weight excluding hydrogens is 274 g/mol. The van der Waals surface area contributed by atoms with Crippen LogP contribution in [0, 0.1) is 0 Å². The third kappa shape index (κ3) is 2.18. The fourth-order valence-corrected chi connectivity index (χ4v) is 3.44. The Morgan fingerprint density at radius 2 is 2.20 bits per heavy atom. The fraction of sp³-hybridized carbons (Fsp3) is 0.333. The predicted molar refractivity (Wildman–Crippen MR) is 76.7 cm³/mol. The monoisotopic (exact) mass is 289 g/mol. The van der Waals surface area contributed by atoms with Crippen LogP contribution in [0.3, 0.4) is 0 Å². The van der Waals surface area contributed by atoms with E-state index < -0.39 is 5.97 Å². The second kappa shape index (κ2) is 4.90. The smallest absolute Gasteiger partial charge is 0.347 e. The fourth-order valence-electron chi connectivity index (χ4n) is 2.35. The molecule has 1 aromatic heterocycles. The Kier molecular flexibility index (Phi) is 3.22. The van der Waals surface area contributed by atoms with Gasteiger partial charge in [0.25, 0.3) is 0 Å². The molecule has 1 aliphatic heterocycles. The highest BCUT2D eigenvalue weighted by molar-refractivity contribution is 7.13. The maximum absolute atomic E-state index is 11.3. The van der Waals surface area contributed by atoms with E-state index in [9.17, 15) is 9.90 Å². The van der Waals surface area contributed by atoms with Gasteiger partial charge in [-0.3, -0.25) is 0 Å². The highest BCUT2D eigenvalue weighted by atomic mass is 32.1. The number of fused-ring (bicyclic) bond motifs is 1. The van der Waals surface area contributed by atoms with Gasteiger partial charge in [-0.2, -0.15) is 0 Å². The van der Waals surface area contributed by atoms with Crippen LogP contribution in [0.25, 0.3) is 0 Å². The maximum Gasteiger partial charge on any atom is 0.347 e. The maximum atomic E-state index is 11.3. The van der Waals surface area contributed by atoms with Crippen LogP contribution in [-0.4, -0.2) is 16.1 Å². The van der Waals surface area contributed by atoms with Crippen molar-refractivity contribution in [1.29, 1.82) is 0 Å². The van der Waals surface area contributed by atoms with Gasteiger partial charge in [0.05, 0.1) is 5.69 Å². The lowest BCUT2D eigenvalue weighted by atomic mass is 10.1. The minimum atomic E-state index is -0.909. The SMILES string of the molecule is CC(C)c1nc(C2Cc3ccccc3O2)sc1C(=O)O. The molecule has 0 saturated heterocycles. The summed E-state index contributed by atoms with van der Waals surface area (Å²) in [5.74, 6) is 0.0542. The summed E-state index contributed by atoms with van der Waals surface area (Å²) in [6, 6.07) is 7.88. The zero-order valence-electron chi connectivity index (χ0n) is 11.3. The average molecular weight is 289 g/mol. The number of ether oxygens (including phenoxy) is 1. The molecule has 1 atom stereocenters. The van der Waals surface area contributed by atoms with E-state index in [-0.39, 0.29) is 12.0 Å². The molecule has 0 saturated carbocycles. The van der Waals surface area contributed by atoms with Crippen molar-refractivity contribution in [2.45, 2.75) is 32.3 Å². The van der Waals surface area contributed by atoms with Crippen LogP contribution < -0.4 is 4.74 Å². The van der Waals surface area contributed by atoms with Crippen LogP contribution in [0.15, 0.2) is 24.3 Å². The number of carboxylic acid groups (broad SMARTS) is 1. The van der Waals surface area contributed by atoms with Gasteiger partial charge in [0.2, 0.25) is 0 Å². The summed E-state index contributed by atoms with van der Waals surface area (Å²) in [5, 5.41) is 10.0. The number of nitrogens with zero attached hydrogens (tertiary/aromatic N) is 1. The third-order valence-corrected chi connectivity index (χ3v) is 4.48. The number of para-hydroxylation sites is 1. The van der Waals surface area contributed by atoms with Gasteiger partial charge < -0.3 is 9.84 Å². The van der Waals surface area contributed by atoms with Crippen molar-refractivity contribution in [3.05, 3.63) is 45.4 Å². The minimum Gasteiger partial charge on any atom is -0.483 e. The number of thiazole rings is 1. The molecule has 0 spiro atoms. The Labute approximate surface area is 121 Å². The van der Waals surface area contributed by atoms with Gasteiger partial charge in [0, 0.05) is 6.42 Å². The quantitative estimate of drug-likeness (QED) is 0.937. The molecule has 0 amide bonds. The molecule has 1 aromatic carbocycles. The molecule has 0 radical (unpaired) electrons. The first-order valence-corrected chi connectivity index (χ1v) is 7.36. The average Bonchev–Trinajstić information content (AvgIpc) is 3.02. The van der Waals surface area contributed by atoms with Crippen LogP contribution in [0.5, 0.6) is 5.75 Å². The Morgan fingerprint density at radius 3 is 2.80 bits per heavy atom. The van der Waals surface area contributed by atoms with Crippen LogP contribution in [0.4, 0.5) is 0 Å². The lowest BCUT2D eigenvalue weighted by Gasteiger charge is -2.06. The van der Waals surface area contributed by atoms with E-state index in [0.717, 1.165) is 22.7 Å². The largest absolute Gasteiger partial charge is 0.483 e. The van der Waals surface area contributed by atoms with Crippen molar-refractivity contribution in [3.63, 3.8) is 0 Å². The molecular formula is C15H15NO3S. The zero-order chi connectivity index (χ0) is 14.3. The molecule has 2 aromatic rings. The molecule has 3 rings (SSSR count). The van der Waals surface area contributed by atoms with Crippen molar-refractivity contribution in [2.75, 3.05) is 0 Å². The molecule has 104 valence electrons. The molecule has 2 heterocycles. The number of hydrogen-bond acceptors (Lipinski definition) is 4. The van der Waals surface area contributed by atoms with Crippen molar-refractivity contribution in [1.82, 2.24) is 4.98 Å². The van der Waals surface area contributed by atoms with E-state index >= 15 is 0 Å². The number of aromatic nitrogens is 1. The van der Waals surface area contributed by atoms with E-state index in [0.29, 0.717) is 10.6 Å². The number of carboxylic acids is 1. The molecule has 20 heavy (non-hydrogen) atoms. The van der Waals surface area contributed by atoms with Crippen molar-refractivity contribution >= 4 is 17.3 Å². The highest BCUT2D eigenvalue weighted by Gasteiger charge is 2.29. The summed E-state index contributed by atoms with van der Waals surface area (Å²) in [6.45, 7) is 3.91. The summed E-state index contributed by atoms with van der Waals surface area (Å²) in [6.07, 6.45) is 0.586. The lowest BCUT2D eigenvalue weighted by molar-refractivity contribution is 0.0700. The summed E-state index contributed by atoms with van der Waals surface area (Å²) >= 11 is 1.23. The summed E-state index contributed by atoms with van der Waals surface area (Å²) in [4.78, 5) is 16.1. The number of hydrogen-bond donors (Lipinski definition) is 1. The number of carbonyl (C=O) groups is 1. The van der Waals surface area contributed by atoms with E-state index in [4.69, 9.17) is 4.74 Å². The number of rotatable bonds is 3. The first-order chi connectivity index (χ1) is 9.56. The highest BCUT2D eigenvalue weighted by Crippen LogP contribution is 2.39. The predicted octanol–water partition coefficient (Wildman–Crippen LogP) is 3.64. The number of benzene rings is 1. The molecule has 1 N–H and O–H groups in total. The third-order valence-electron chi connectivity index (χ3n) is 3.33. The second-order valence-electron chi connectivity index (χ2n) is 5.14. The van der Waals surface area contributed by atoms with Crippen molar-refractivity contribution in [2.24, 2.45) is 0 Å². The van der Waals surface area contributed by atoms with E-state index in [1.807, 2.05) is 38.1 Å². The lowest BCUT2D eigenvalue weighted by Crippen LogP contribution is -2.03. The molecule has 5 heteroatoms. The van der Waals surface area contributed by atoms with Gasteiger partial charge in [-0.1, -0.05) is 32.0 Å². The molecule has 0 bridgehead atoms. The number of aromatic carboxylic acids is 1. The van der Waals surface area contributed by atoms with Crippen molar-refractivity contribution in [3.8, 4) is 5.75 Å². The molecule has 1 unspecified atom stereocenters.